The molecular weight excluding hydrogens is 190 g/mol. The second-order valence-electron chi connectivity index (χ2n) is 3.14. The zero-order valence-electron chi connectivity index (χ0n) is 8.49. The Morgan fingerprint density at radius 3 is 2.38 bits per heavy atom. The van der Waals surface area contributed by atoms with Gasteiger partial charge in [-0.2, -0.15) is 0 Å². The molecule has 0 rings (SSSR count). The lowest BCUT2D eigenvalue weighted by Gasteiger charge is -2.11. The molecule has 2 atom stereocenters. The van der Waals surface area contributed by atoms with Crippen LogP contribution in [-0.2, 0) is 15.5 Å². The van der Waals surface area contributed by atoms with Gasteiger partial charge in [-0.1, -0.05) is 0 Å². The van der Waals surface area contributed by atoms with Gasteiger partial charge in [-0.15, -0.1) is 0 Å². The first-order valence-corrected chi connectivity index (χ1v) is 5.82. The minimum absolute atomic E-state index is 0.0419. The Morgan fingerprint density at radius 2 is 2.00 bits per heavy atom. The van der Waals surface area contributed by atoms with Gasteiger partial charge < -0.3 is 10.1 Å². The van der Waals surface area contributed by atoms with Crippen molar-refractivity contribution in [3.63, 3.8) is 0 Å². The minimum Gasteiger partial charge on any atom is -0.447 e. The number of carbonyl (C=O) groups is 1. The molecule has 2 unspecified atom stereocenters. The molecule has 0 aromatic rings. The molecule has 0 aromatic heterocycles. The lowest BCUT2D eigenvalue weighted by Crippen LogP contribution is -2.34. The highest BCUT2D eigenvalue weighted by molar-refractivity contribution is 7.84. The van der Waals surface area contributed by atoms with Gasteiger partial charge in [0.1, 0.15) is 0 Å². The summed E-state index contributed by atoms with van der Waals surface area (Å²) in [5.74, 6) is 0. The van der Waals surface area contributed by atoms with Gasteiger partial charge in [0.05, 0.1) is 6.10 Å². The van der Waals surface area contributed by atoms with E-state index in [-0.39, 0.29) is 11.4 Å². The third-order valence-electron chi connectivity index (χ3n) is 1.44. The van der Waals surface area contributed by atoms with Gasteiger partial charge in [0.2, 0.25) is 0 Å². The Bertz CT molecular complexity index is 194. The summed E-state index contributed by atoms with van der Waals surface area (Å²) in [6.07, 6.45) is 1.04. The van der Waals surface area contributed by atoms with Gasteiger partial charge in [0, 0.05) is 28.9 Å². The van der Waals surface area contributed by atoms with E-state index in [0.717, 1.165) is 0 Å². The largest absolute Gasteiger partial charge is 0.447 e. The van der Waals surface area contributed by atoms with E-state index in [1.165, 1.54) is 0 Å². The van der Waals surface area contributed by atoms with Crippen molar-refractivity contribution in [3.8, 4) is 0 Å². The number of nitrogens with one attached hydrogen (secondary N) is 1. The molecule has 0 aliphatic heterocycles. The molecule has 5 heteroatoms. The van der Waals surface area contributed by atoms with Gasteiger partial charge in [-0.25, -0.2) is 4.79 Å². The summed E-state index contributed by atoms with van der Waals surface area (Å²) >= 11 is 0. The monoisotopic (exact) mass is 207 g/mol. The SMILES string of the molecule is CC(C)OC(=O)NCC(C)S(C)=O. The standard InChI is InChI=1S/C8H17NO3S/c1-6(2)12-8(10)9-5-7(3)13(4)11/h6-7H,5H2,1-4H3,(H,9,10). The van der Waals surface area contributed by atoms with E-state index in [1.807, 2.05) is 6.92 Å². The van der Waals surface area contributed by atoms with E-state index in [4.69, 9.17) is 4.74 Å². The Labute approximate surface area is 81.5 Å². The van der Waals surface area contributed by atoms with Crippen LogP contribution in [-0.4, -0.2) is 34.5 Å². The average molecular weight is 207 g/mol. The van der Waals surface area contributed by atoms with E-state index < -0.39 is 16.9 Å². The predicted molar refractivity (Wildman–Crippen MR) is 53.1 cm³/mol. The van der Waals surface area contributed by atoms with Crippen LogP contribution < -0.4 is 5.32 Å². The minimum atomic E-state index is -0.910. The first-order valence-electron chi connectivity index (χ1n) is 4.20. The summed E-state index contributed by atoms with van der Waals surface area (Å²) < 4.78 is 15.7. The lowest BCUT2D eigenvalue weighted by atomic mass is 10.5. The number of ether oxygens (including phenoxy) is 1. The van der Waals surface area contributed by atoms with Crippen LogP contribution in [0.15, 0.2) is 0 Å². The smallest absolute Gasteiger partial charge is 0.407 e. The zero-order chi connectivity index (χ0) is 10.4. The molecule has 0 bridgehead atoms. The number of hydrogen-bond donors (Lipinski definition) is 1. The number of carbonyl (C=O) groups excluding carboxylic acids is 1. The molecule has 0 aliphatic rings. The summed E-state index contributed by atoms with van der Waals surface area (Å²) in [5, 5.41) is 2.50. The number of rotatable bonds is 4. The molecule has 0 radical (unpaired) electrons. The molecule has 0 fully saturated rings. The first-order chi connectivity index (χ1) is 5.93. The molecule has 0 saturated heterocycles. The van der Waals surface area contributed by atoms with Crippen molar-refractivity contribution in [2.24, 2.45) is 0 Å². The average Bonchev–Trinajstić information content (AvgIpc) is 1.98. The molecule has 0 aliphatic carbocycles. The maximum Gasteiger partial charge on any atom is 0.407 e. The molecule has 0 aromatic carbocycles. The summed E-state index contributed by atoms with van der Waals surface area (Å²) in [6.45, 7) is 5.75. The number of hydrogen-bond acceptors (Lipinski definition) is 3. The second kappa shape index (κ2) is 5.96. The fourth-order valence-electron chi connectivity index (χ4n) is 0.600. The van der Waals surface area contributed by atoms with Crippen molar-refractivity contribution < 1.29 is 13.7 Å². The van der Waals surface area contributed by atoms with Crippen LogP contribution in [0.3, 0.4) is 0 Å². The van der Waals surface area contributed by atoms with Crippen molar-refractivity contribution in [2.75, 3.05) is 12.8 Å². The van der Waals surface area contributed by atoms with Crippen LogP contribution in [0.1, 0.15) is 20.8 Å². The van der Waals surface area contributed by atoms with Gasteiger partial charge in [0.25, 0.3) is 0 Å². The third-order valence-corrected chi connectivity index (χ3v) is 2.74. The molecule has 13 heavy (non-hydrogen) atoms. The zero-order valence-corrected chi connectivity index (χ0v) is 9.31. The third kappa shape index (κ3) is 6.57. The van der Waals surface area contributed by atoms with E-state index in [9.17, 15) is 9.00 Å². The molecular formula is C8H17NO3S. The van der Waals surface area contributed by atoms with Crippen LogP contribution in [0.25, 0.3) is 0 Å². The molecule has 78 valence electrons. The summed E-state index contributed by atoms with van der Waals surface area (Å²) in [7, 11) is -0.910. The Balaban J connectivity index is 3.64. The predicted octanol–water partition coefficient (Wildman–Crippen LogP) is 0.888. The molecule has 1 N–H and O–H groups in total. The molecule has 0 spiro atoms. The first kappa shape index (κ1) is 12.4. The second-order valence-corrected chi connectivity index (χ2v) is 4.95. The van der Waals surface area contributed by atoms with Crippen LogP contribution >= 0.6 is 0 Å². The fraction of sp³-hybridized carbons (Fsp3) is 0.875. The van der Waals surface area contributed by atoms with Crippen molar-refractivity contribution in [3.05, 3.63) is 0 Å². The van der Waals surface area contributed by atoms with Crippen LogP contribution in [0.4, 0.5) is 4.79 Å². The van der Waals surface area contributed by atoms with Crippen molar-refractivity contribution >= 4 is 16.9 Å². The van der Waals surface area contributed by atoms with Gasteiger partial charge >= 0.3 is 6.09 Å². The Hall–Kier alpha value is -0.580. The maximum atomic E-state index is 10.9. The molecule has 4 nitrogen and oxygen atoms in total. The fourth-order valence-corrected chi connectivity index (χ4v) is 0.918. The molecule has 0 heterocycles. The normalized spacial score (nSPS) is 15.2. The molecule has 1 amide bonds. The van der Waals surface area contributed by atoms with Crippen LogP contribution in [0.2, 0.25) is 0 Å². The highest BCUT2D eigenvalue weighted by Gasteiger charge is 2.09. The summed E-state index contributed by atoms with van der Waals surface area (Å²) in [5.41, 5.74) is 0. The highest BCUT2D eigenvalue weighted by atomic mass is 32.2. The van der Waals surface area contributed by atoms with Crippen LogP contribution in [0.5, 0.6) is 0 Å². The topological polar surface area (TPSA) is 55.4 Å². The number of amides is 1. The molecule has 0 saturated carbocycles. The summed E-state index contributed by atoms with van der Waals surface area (Å²) in [6, 6.07) is 0. The van der Waals surface area contributed by atoms with Gasteiger partial charge in [0.15, 0.2) is 0 Å². The van der Waals surface area contributed by atoms with Crippen molar-refractivity contribution in [2.45, 2.75) is 32.1 Å². The maximum absolute atomic E-state index is 10.9. The van der Waals surface area contributed by atoms with E-state index in [2.05, 4.69) is 5.32 Å². The lowest BCUT2D eigenvalue weighted by molar-refractivity contribution is 0.116. The highest BCUT2D eigenvalue weighted by Crippen LogP contribution is 1.92. The quantitative estimate of drug-likeness (QED) is 0.744. The van der Waals surface area contributed by atoms with Gasteiger partial charge in [-0.3, -0.25) is 4.21 Å². The Kier molecular flexibility index (Phi) is 5.70. The van der Waals surface area contributed by atoms with Crippen molar-refractivity contribution in [1.29, 1.82) is 0 Å². The van der Waals surface area contributed by atoms with Crippen molar-refractivity contribution in [1.82, 2.24) is 5.32 Å². The van der Waals surface area contributed by atoms with E-state index in [1.54, 1.807) is 20.1 Å². The summed E-state index contributed by atoms with van der Waals surface area (Å²) in [4.78, 5) is 10.9. The van der Waals surface area contributed by atoms with E-state index >= 15 is 0 Å². The van der Waals surface area contributed by atoms with E-state index in [0.29, 0.717) is 6.54 Å². The van der Waals surface area contributed by atoms with Gasteiger partial charge in [-0.05, 0) is 20.8 Å². The Morgan fingerprint density at radius 1 is 1.46 bits per heavy atom. The number of alkyl carbamates (subject to hydrolysis) is 1. The van der Waals surface area contributed by atoms with Crippen LogP contribution in [0, 0.1) is 0 Å².